The Kier molecular flexibility index (Phi) is 5.45. The molecule has 8 nitrogen and oxygen atoms in total. The van der Waals surface area contributed by atoms with Gasteiger partial charge in [0.05, 0.1) is 4.92 Å². The van der Waals surface area contributed by atoms with Crippen molar-refractivity contribution in [1.29, 1.82) is 0 Å². The number of non-ortho nitro benzene ring substituents is 1. The van der Waals surface area contributed by atoms with Crippen molar-refractivity contribution in [3.8, 4) is 5.75 Å². The van der Waals surface area contributed by atoms with Crippen LogP contribution in [0.4, 0.5) is 5.69 Å². The molecule has 0 bridgehead atoms. The maximum atomic E-state index is 11.5. The Balaban J connectivity index is 2.48. The Morgan fingerprint density at radius 3 is 2.45 bits per heavy atom. The summed E-state index contributed by atoms with van der Waals surface area (Å²) in [5, 5.41) is 21.5. The number of nitrogens with zero attached hydrogens (tertiary/aromatic N) is 1. The number of nitro groups is 1. The number of aliphatic carboxylic acids is 1. The van der Waals surface area contributed by atoms with Crippen molar-refractivity contribution < 1.29 is 24.4 Å². The number of nitrogens with one attached hydrogen (secondary N) is 1. The summed E-state index contributed by atoms with van der Waals surface area (Å²) in [4.78, 5) is 32.1. The minimum atomic E-state index is -1.11. The molecule has 1 rings (SSSR count). The van der Waals surface area contributed by atoms with Gasteiger partial charge in [-0.3, -0.25) is 14.9 Å². The minimum Gasteiger partial charge on any atom is -0.484 e. The summed E-state index contributed by atoms with van der Waals surface area (Å²) in [6.07, 6.45) is 0.263. The van der Waals surface area contributed by atoms with Crippen LogP contribution in [0.25, 0.3) is 0 Å². The van der Waals surface area contributed by atoms with Gasteiger partial charge in [0.25, 0.3) is 11.6 Å². The van der Waals surface area contributed by atoms with Gasteiger partial charge in [-0.25, -0.2) is 4.79 Å². The zero-order valence-corrected chi connectivity index (χ0v) is 10.7. The summed E-state index contributed by atoms with van der Waals surface area (Å²) < 4.78 is 5.10. The van der Waals surface area contributed by atoms with Crippen molar-refractivity contribution in [2.45, 2.75) is 19.4 Å². The summed E-state index contributed by atoms with van der Waals surface area (Å²) in [7, 11) is 0. The predicted molar refractivity (Wildman–Crippen MR) is 68.4 cm³/mol. The van der Waals surface area contributed by atoms with Crippen LogP contribution in [0, 0.1) is 10.1 Å². The second-order valence-corrected chi connectivity index (χ2v) is 3.91. The summed E-state index contributed by atoms with van der Waals surface area (Å²) in [5.74, 6) is -1.40. The molecule has 1 atom stereocenters. The fraction of sp³-hybridized carbons (Fsp3) is 0.333. The molecule has 0 aliphatic rings. The lowest BCUT2D eigenvalue weighted by atomic mass is 10.2. The maximum Gasteiger partial charge on any atom is 0.326 e. The maximum absolute atomic E-state index is 11.5. The molecule has 0 aliphatic heterocycles. The fourth-order valence-electron chi connectivity index (χ4n) is 1.39. The molecular weight excluding hydrogens is 268 g/mol. The van der Waals surface area contributed by atoms with E-state index < -0.39 is 22.8 Å². The topological polar surface area (TPSA) is 119 Å². The lowest BCUT2D eigenvalue weighted by Gasteiger charge is -2.12. The van der Waals surface area contributed by atoms with E-state index in [1.54, 1.807) is 6.92 Å². The van der Waals surface area contributed by atoms with Crippen molar-refractivity contribution >= 4 is 17.6 Å². The van der Waals surface area contributed by atoms with Crippen LogP contribution in [0.3, 0.4) is 0 Å². The van der Waals surface area contributed by atoms with Crippen molar-refractivity contribution in [3.63, 3.8) is 0 Å². The Labute approximate surface area is 114 Å². The van der Waals surface area contributed by atoms with Crippen LogP contribution in [-0.4, -0.2) is 34.6 Å². The molecule has 1 aromatic rings. The first kappa shape index (κ1) is 15.4. The first-order valence-corrected chi connectivity index (χ1v) is 5.83. The molecule has 8 heteroatoms. The Morgan fingerprint density at radius 2 is 2.00 bits per heavy atom. The van der Waals surface area contributed by atoms with Crippen LogP contribution in [-0.2, 0) is 9.59 Å². The molecule has 108 valence electrons. The molecular formula is C12H14N2O6. The van der Waals surface area contributed by atoms with Crippen LogP contribution < -0.4 is 10.1 Å². The van der Waals surface area contributed by atoms with Gasteiger partial charge in [-0.05, 0) is 18.6 Å². The van der Waals surface area contributed by atoms with Gasteiger partial charge < -0.3 is 15.2 Å². The minimum absolute atomic E-state index is 0.0845. The highest BCUT2D eigenvalue weighted by Crippen LogP contribution is 2.17. The third-order valence-corrected chi connectivity index (χ3v) is 2.46. The number of carboxylic acids is 1. The Hall–Kier alpha value is -2.64. The molecule has 0 spiro atoms. The summed E-state index contributed by atoms with van der Waals surface area (Å²) in [6.45, 7) is 1.28. The number of hydrogen-bond acceptors (Lipinski definition) is 5. The van der Waals surface area contributed by atoms with Gasteiger partial charge in [0.1, 0.15) is 11.8 Å². The van der Waals surface area contributed by atoms with E-state index in [9.17, 15) is 19.7 Å². The predicted octanol–water partition coefficient (Wildman–Crippen LogP) is 0.953. The molecule has 2 N–H and O–H groups in total. The lowest BCUT2D eigenvalue weighted by molar-refractivity contribution is -0.384. The van der Waals surface area contributed by atoms with E-state index in [1.807, 2.05) is 0 Å². The number of rotatable bonds is 7. The monoisotopic (exact) mass is 282 g/mol. The van der Waals surface area contributed by atoms with E-state index in [1.165, 1.54) is 24.3 Å². The van der Waals surface area contributed by atoms with Crippen LogP contribution in [0.15, 0.2) is 24.3 Å². The zero-order valence-electron chi connectivity index (χ0n) is 10.7. The van der Waals surface area contributed by atoms with Crippen molar-refractivity contribution in [1.82, 2.24) is 5.32 Å². The third-order valence-electron chi connectivity index (χ3n) is 2.46. The van der Waals surface area contributed by atoms with E-state index in [-0.39, 0.29) is 24.5 Å². The molecule has 0 saturated carbocycles. The number of carbonyl (C=O) groups excluding carboxylic acids is 1. The lowest BCUT2D eigenvalue weighted by Crippen LogP contribution is -2.42. The van der Waals surface area contributed by atoms with Crippen LogP contribution >= 0.6 is 0 Å². The van der Waals surface area contributed by atoms with Crippen molar-refractivity contribution in [2.75, 3.05) is 6.61 Å². The van der Waals surface area contributed by atoms with Crippen molar-refractivity contribution in [3.05, 3.63) is 34.4 Å². The highest BCUT2D eigenvalue weighted by atomic mass is 16.6. The van der Waals surface area contributed by atoms with Gasteiger partial charge in [0.2, 0.25) is 0 Å². The van der Waals surface area contributed by atoms with E-state index in [2.05, 4.69) is 5.32 Å². The summed E-state index contributed by atoms with van der Waals surface area (Å²) in [6, 6.07) is 4.27. The van der Waals surface area contributed by atoms with Crippen molar-refractivity contribution in [2.24, 2.45) is 0 Å². The summed E-state index contributed by atoms with van der Waals surface area (Å²) in [5.41, 5.74) is -0.0845. The number of carbonyl (C=O) groups is 2. The van der Waals surface area contributed by atoms with Gasteiger partial charge in [-0.2, -0.15) is 0 Å². The standard InChI is InChI=1S/C12H14N2O6/c1-2-10(12(16)17)13-11(15)7-20-9-5-3-8(4-6-9)14(18)19/h3-6,10H,2,7H2,1H3,(H,13,15)(H,16,17). The molecule has 0 saturated heterocycles. The number of nitro benzene ring substituents is 1. The number of ether oxygens (including phenoxy) is 1. The average Bonchev–Trinajstić information content (AvgIpc) is 2.42. The second kappa shape index (κ2) is 7.07. The van der Waals surface area contributed by atoms with Gasteiger partial charge in [0, 0.05) is 12.1 Å². The van der Waals surface area contributed by atoms with Gasteiger partial charge in [-0.1, -0.05) is 6.92 Å². The van der Waals surface area contributed by atoms with E-state index in [4.69, 9.17) is 9.84 Å². The summed E-state index contributed by atoms with van der Waals surface area (Å²) >= 11 is 0. The SMILES string of the molecule is CCC(NC(=O)COc1ccc([N+](=O)[O-])cc1)C(=O)O. The number of amides is 1. The van der Waals surface area contributed by atoms with E-state index in [0.29, 0.717) is 0 Å². The highest BCUT2D eigenvalue weighted by Gasteiger charge is 2.17. The Morgan fingerprint density at radius 1 is 1.40 bits per heavy atom. The van der Waals surface area contributed by atoms with Crippen LogP contribution in [0.5, 0.6) is 5.75 Å². The van der Waals surface area contributed by atoms with Crippen LogP contribution in [0.2, 0.25) is 0 Å². The molecule has 1 amide bonds. The molecule has 0 aromatic heterocycles. The number of hydrogen-bond donors (Lipinski definition) is 2. The first-order chi connectivity index (χ1) is 9.43. The molecule has 20 heavy (non-hydrogen) atoms. The molecule has 0 radical (unpaired) electrons. The first-order valence-electron chi connectivity index (χ1n) is 5.83. The van der Waals surface area contributed by atoms with E-state index in [0.717, 1.165) is 0 Å². The highest BCUT2D eigenvalue weighted by molar-refractivity contribution is 5.84. The normalized spacial score (nSPS) is 11.4. The van der Waals surface area contributed by atoms with Gasteiger partial charge in [-0.15, -0.1) is 0 Å². The van der Waals surface area contributed by atoms with E-state index >= 15 is 0 Å². The zero-order chi connectivity index (χ0) is 15.1. The second-order valence-electron chi connectivity index (χ2n) is 3.91. The Bertz CT molecular complexity index is 499. The quantitative estimate of drug-likeness (QED) is 0.567. The molecule has 1 aromatic carbocycles. The molecule has 0 heterocycles. The smallest absolute Gasteiger partial charge is 0.326 e. The third kappa shape index (κ3) is 4.56. The fourth-order valence-corrected chi connectivity index (χ4v) is 1.39. The van der Waals surface area contributed by atoms with Crippen LogP contribution in [0.1, 0.15) is 13.3 Å². The van der Waals surface area contributed by atoms with Gasteiger partial charge >= 0.3 is 5.97 Å². The largest absolute Gasteiger partial charge is 0.484 e. The average molecular weight is 282 g/mol. The molecule has 0 aliphatic carbocycles. The number of benzene rings is 1. The molecule has 1 unspecified atom stereocenters. The van der Waals surface area contributed by atoms with Gasteiger partial charge in [0.15, 0.2) is 6.61 Å². The molecule has 0 fully saturated rings. The number of carboxylic acid groups (broad SMARTS) is 1.